The minimum Gasteiger partial charge on any atom is -0.412 e. The Hall–Kier alpha value is -1.01. The van der Waals surface area contributed by atoms with Gasteiger partial charge in [-0.25, -0.2) is 4.98 Å². The number of nitrogens with one attached hydrogen (secondary N) is 1. The molecule has 8 nitrogen and oxygen atoms in total. The second-order valence-corrected chi connectivity index (χ2v) is 13.1. The zero-order chi connectivity index (χ0) is 22.0. The molecule has 1 radical (unpaired) electrons. The van der Waals surface area contributed by atoms with Gasteiger partial charge in [0.2, 0.25) is 9.04 Å². The highest BCUT2D eigenvalue weighted by Gasteiger charge is 2.35. The SMILES string of the molecule is CC[C@H](NC(=O)c1csc(N2CC(OS(C)(=O)=O)C2)n1)C(O[Si](C)C)C(C)(C)C. The molecule has 29 heavy (non-hydrogen) atoms. The Balaban J connectivity index is 2.00. The monoisotopic (exact) mass is 462 g/mol. The van der Waals surface area contributed by atoms with Crippen LogP contribution >= 0.6 is 11.3 Å². The van der Waals surface area contributed by atoms with E-state index >= 15 is 0 Å². The van der Waals surface area contributed by atoms with E-state index < -0.39 is 19.2 Å². The Morgan fingerprint density at radius 2 is 2.03 bits per heavy atom. The second-order valence-electron chi connectivity index (χ2n) is 8.64. The summed E-state index contributed by atoms with van der Waals surface area (Å²) in [6.07, 6.45) is 1.36. The molecule has 0 aromatic carbocycles. The number of carbonyl (C=O) groups excluding carboxylic acids is 1. The molecule has 1 N–H and O–H groups in total. The van der Waals surface area contributed by atoms with Crippen molar-refractivity contribution in [3.8, 4) is 0 Å². The van der Waals surface area contributed by atoms with Gasteiger partial charge >= 0.3 is 0 Å². The first-order valence-corrected chi connectivity index (χ1v) is 14.8. The Kier molecular flexibility index (Phi) is 7.88. The second kappa shape index (κ2) is 9.42. The van der Waals surface area contributed by atoms with Crippen LogP contribution in [-0.2, 0) is 18.7 Å². The van der Waals surface area contributed by atoms with Crippen LogP contribution in [0.3, 0.4) is 0 Å². The number of hydrogen-bond acceptors (Lipinski definition) is 8. The molecule has 11 heteroatoms. The summed E-state index contributed by atoms with van der Waals surface area (Å²) in [5.41, 5.74) is 0.261. The van der Waals surface area contributed by atoms with E-state index in [0.29, 0.717) is 23.9 Å². The number of thiazole rings is 1. The summed E-state index contributed by atoms with van der Waals surface area (Å²) < 4.78 is 33.5. The summed E-state index contributed by atoms with van der Waals surface area (Å²) in [7, 11) is -4.38. The fourth-order valence-electron chi connectivity index (χ4n) is 3.17. The van der Waals surface area contributed by atoms with Gasteiger partial charge in [-0.2, -0.15) is 8.42 Å². The maximum Gasteiger partial charge on any atom is 0.271 e. The molecule has 1 aliphatic heterocycles. The van der Waals surface area contributed by atoms with Crippen LogP contribution in [0.1, 0.15) is 44.6 Å². The van der Waals surface area contributed by atoms with Gasteiger partial charge in [-0.05, 0) is 24.9 Å². The normalized spacial score (nSPS) is 17.9. The molecule has 1 aromatic heterocycles. The molecule has 0 aliphatic carbocycles. The van der Waals surface area contributed by atoms with Gasteiger partial charge in [0, 0.05) is 18.5 Å². The number of anilines is 1. The van der Waals surface area contributed by atoms with Gasteiger partial charge in [0.25, 0.3) is 16.0 Å². The number of aromatic nitrogens is 1. The Bertz CT molecular complexity index is 801. The van der Waals surface area contributed by atoms with Crippen LogP contribution in [0.5, 0.6) is 0 Å². The van der Waals surface area contributed by atoms with Crippen molar-refractivity contribution in [1.82, 2.24) is 10.3 Å². The smallest absolute Gasteiger partial charge is 0.271 e. The third kappa shape index (κ3) is 7.02. The van der Waals surface area contributed by atoms with Crippen molar-refractivity contribution in [2.24, 2.45) is 5.41 Å². The Morgan fingerprint density at radius 1 is 1.41 bits per heavy atom. The van der Waals surface area contributed by atoms with Gasteiger partial charge in [-0.3, -0.25) is 8.98 Å². The van der Waals surface area contributed by atoms with E-state index in [9.17, 15) is 13.2 Å². The average Bonchev–Trinajstić information content (AvgIpc) is 3.01. The first-order valence-electron chi connectivity index (χ1n) is 9.66. The van der Waals surface area contributed by atoms with Crippen molar-refractivity contribution >= 4 is 41.5 Å². The van der Waals surface area contributed by atoms with Crippen LogP contribution in [0.15, 0.2) is 5.38 Å². The molecule has 0 bridgehead atoms. The van der Waals surface area contributed by atoms with Crippen molar-refractivity contribution in [3.63, 3.8) is 0 Å². The maximum absolute atomic E-state index is 12.8. The van der Waals surface area contributed by atoms with Crippen molar-refractivity contribution in [1.29, 1.82) is 0 Å². The summed E-state index contributed by atoms with van der Waals surface area (Å²) in [4.78, 5) is 19.1. The molecule has 2 rings (SSSR count). The molecule has 1 amide bonds. The molecule has 1 unspecified atom stereocenters. The maximum atomic E-state index is 12.8. The van der Waals surface area contributed by atoms with Gasteiger partial charge in [0.05, 0.1) is 18.4 Å². The molecule has 0 saturated carbocycles. The minimum absolute atomic E-state index is 0.0808. The van der Waals surface area contributed by atoms with Gasteiger partial charge < -0.3 is 14.6 Å². The molecule has 1 fully saturated rings. The van der Waals surface area contributed by atoms with Crippen LogP contribution in [0.4, 0.5) is 5.13 Å². The molecule has 1 aliphatic rings. The third-order valence-electron chi connectivity index (χ3n) is 4.49. The topological polar surface area (TPSA) is 97.8 Å². The van der Waals surface area contributed by atoms with Crippen LogP contribution in [0, 0.1) is 5.41 Å². The van der Waals surface area contributed by atoms with Crippen LogP contribution < -0.4 is 10.2 Å². The van der Waals surface area contributed by atoms with E-state index in [1.54, 1.807) is 5.38 Å². The van der Waals surface area contributed by atoms with Crippen molar-refractivity contribution in [3.05, 3.63) is 11.1 Å². The lowest BCUT2D eigenvalue weighted by Crippen LogP contribution is -2.53. The van der Waals surface area contributed by atoms with Crippen LogP contribution in [-0.4, -0.2) is 65.9 Å². The van der Waals surface area contributed by atoms with Gasteiger partial charge in [0.15, 0.2) is 5.13 Å². The molecular formula is C18H32N3O5S2Si. The highest BCUT2D eigenvalue weighted by Crippen LogP contribution is 2.29. The Morgan fingerprint density at radius 3 is 2.52 bits per heavy atom. The number of carbonyl (C=O) groups is 1. The van der Waals surface area contributed by atoms with Gasteiger partial charge in [-0.1, -0.05) is 27.7 Å². The van der Waals surface area contributed by atoms with Crippen LogP contribution in [0.25, 0.3) is 0 Å². The van der Waals surface area contributed by atoms with Crippen molar-refractivity contribution in [2.45, 2.75) is 65.5 Å². The molecule has 2 heterocycles. The summed E-state index contributed by atoms with van der Waals surface area (Å²) in [5.74, 6) is -0.220. The molecule has 2 atom stereocenters. The average molecular weight is 463 g/mol. The van der Waals surface area contributed by atoms with Gasteiger partial charge in [-0.15, -0.1) is 11.3 Å². The van der Waals surface area contributed by atoms with E-state index in [1.165, 1.54) is 11.3 Å². The summed E-state index contributed by atoms with van der Waals surface area (Å²) in [6.45, 7) is 13.5. The molecule has 0 spiro atoms. The number of hydrogen-bond donors (Lipinski definition) is 1. The summed E-state index contributed by atoms with van der Waals surface area (Å²) >= 11 is 1.36. The Labute approximate surface area is 179 Å². The van der Waals surface area contributed by atoms with Crippen molar-refractivity contribution < 1.29 is 21.8 Å². The predicted octanol–water partition coefficient (Wildman–Crippen LogP) is 2.50. The summed E-state index contributed by atoms with van der Waals surface area (Å²) in [6, 6.07) is -0.107. The fourth-order valence-corrected chi connectivity index (χ4v) is 5.63. The zero-order valence-corrected chi connectivity index (χ0v) is 20.8. The quantitative estimate of drug-likeness (QED) is 0.445. The van der Waals surface area contributed by atoms with E-state index in [4.69, 9.17) is 8.61 Å². The lowest BCUT2D eigenvalue weighted by atomic mass is 9.83. The number of amides is 1. The van der Waals surface area contributed by atoms with Crippen LogP contribution in [0.2, 0.25) is 13.1 Å². The van der Waals surface area contributed by atoms with Gasteiger partial charge in [0.1, 0.15) is 11.8 Å². The molecule has 165 valence electrons. The molecule has 1 saturated heterocycles. The zero-order valence-electron chi connectivity index (χ0n) is 18.2. The van der Waals surface area contributed by atoms with E-state index in [2.05, 4.69) is 44.2 Å². The van der Waals surface area contributed by atoms with E-state index in [-0.39, 0.29) is 29.6 Å². The highest BCUT2D eigenvalue weighted by molar-refractivity contribution is 7.86. The molecular weight excluding hydrogens is 430 g/mol. The first kappa shape index (κ1) is 24.3. The number of nitrogens with zero attached hydrogens (tertiary/aromatic N) is 2. The predicted molar refractivity (Wildman–Crippen MR) is 117 cm³/mol. The fraction of sp³-hybridized carbons (Fsp3) is 0.778. The lowest BCUT2D eigenvalue weighted by Gasteiger charge is -2.38. The third-order valence-corrected chi connectivity index (χ3v) is 6.74. The number of rotatable bonds is 9. The van der Waals surface area contributed by atoms with Crippen molar-refractivity contribution in [2.75, 3.05) is 24.2 Å². The van der Waals surface area contributed by atoms with E-state index in [1.807, 2.05) is 11.8 Å². The minimum atomic E-state index is -3.46. The lowest BCUT2D eigenvalue weighted by molar-refractivity contribution is 0.0451. The first-order chi connectivity index (χ1) is 13.3. The standard InChI is InChI=1S/C18H32N3O5S2Si/c1-8-13(15(18(2,3)4)26-29(6)7)19-16(22)14-11-27-17(20-14)21-9-12(10-21)25-28(5,23)24/h11-13,15H,8-10H2,1-7H3,(H,19,22)/t13-,15?/m0/s1. The largest absolute Gasteiger partial charge is 0.412 e. The molecule has 1 aromatic rings. The van der Waals surface area contributed by atoms with E-state index in [0.717, 1.165) is 12.7 Å². The summed E-state index contributed by atoms with van der Waals surface area (Å²) in [5, 5.41) is 5.51. The highest BCUT2D eigenvalue weighted by atomic mass is 32.2.